The van der Waals surface area contributed by atoms with Crippen LogP contribution in [0.5, 0.6) is 5.75 Å². The van der Waals surface area contributed by atoms with E-state index in [9.17, 15) is 18.4 Å². The summed E-state index contributed by atoms with van der Waals surface area (Å²) >= 11 is 12.8. The van der Waals surface area contributed by atoms with E-state index in [0.29, 0.717) is 34.9 Å². The second-order valence-corrected chi connectivity index (χ2v) is 12.3. The van der Waals surface area contributed by atoms with Gasteiger partial charge in [-0.2, -0.15) is 0 Å². The average molecular weight is 664 g/mol. The number of rotatable bonds is 12. The number of nitrogens with zero attached hydrogens (tertiary/aromatic N) is 1. The van der Waals surface area contributed by atoms with Gasteiger partial charge < -0.3 is 24.6 Å². The van der Waals surface area contributed by atoms with Gasteiger partial charge in [-0.25, -0.2) is 13.8 Å². The normalized spacial score (nSPS) is 17.8. The molecule has 0 bridgehead atoms. The third kappa shape index (κ3) is 8.93. The summed E-state index contributed by atoms with van der Waals surface area (Å²) in [7, 11) is 0. The van der Waals surface area contributed by atoms with Crippen molar-refractivity contribution in [3.05, 3.63) is 99.0 Å². The Hall–Kier alpha value is -3.73. The Morgan fingerprint density at radius 2 is 1.73 bits per heavy atom. The molecule has 1 aliphatic rings. The molecule has 12 heteroatoms. The van der Waals surface area contributed by atoms with Gasteiger partial charge in [0.05, 0.1) is 6.61 Å². The van der Waals surface area contributed by atoms with E-state index >= 15 is 0 Å². The van der Waals surface area contributed by atoms with E-state index in [1.54, 1.807) is 57.2 Å². The third-order valence-electron chi connectivity index (χ3n) is 6.78. The first-order valence-electron chi connectivity index (χ1n) is 14.3. The number of amides is 1. The highest BCUT2D eigenvalue weighted by atomic mass is 35.5. The Kier molecular flexibility index (Phi) is 11.1. The van der Waals surface area contributed by atoms with Crippen LogP contribution in [-0.2, 0) is 25.6 Å². The molecule has 1 heterocycles. The molecule has 0 saturated heterocycles. The van der Waals surface area contributed by atoms with Crippen LogP contribution in [0.1, 0.15) is 62.8 Å². The number of esters is 1. The molecule has 0 aliphatic carbocycles. The van der Waals surface area contributed by atoms with Crippen molar-refractivity contribution in [3.63, 3.8) is 0 Å². The molecular formula is C33H34Cl2F2N2O6. The number of nitrogens with one attached hydrogen (secondary N) is 1. The molecule has 45 heavy (non-hydrogen) atoms. The van der Waals surface area contributed by atoms with Crippen molar-refractivity contribution in [1.82, 2.24) is 5.32 Å². The summed E-state index contributed by atoms with van der Waals surface area (Å²) in [6.07, 6.45) is -1.01. The molecule has 0 fully saturated rings. The molecule has 4 rings (SSSR count). The van der Waals surface area contributed by atoms with Crippen molar-refractivity contribution in [2.75, 3.05) is 13.2 Å². The zero-order valence-corrected chi connectivity index (χ0v) is 26.6. The lowest BCUT2D eigenvalue weighted by Gasteiger charge is -2.31. The topological polar surface area (TPSA) is 106 Å². The van der Waals surface area contributed by atoms with Crippen LogP contribution in [0.25, 0.3) is 0 Å². The van der Waals surface area contributed by atoms with E-state index in [1.807, 2.05) is 0 Å². The molecular weight excluding hydrogens is 629 g/mol. The molecule has 240 valence electrons. The molecule has 0 unspecified atom stereocenters. The predicted molar refractivity (Wildman–Crippen MR) is 166 cm³/mol. The Bertz CT molecular complexity index is 1540. The summed E-state index contributed by atoms with van der Waals surface area (Å²) in [6.45, 7) is 5.29. The molecule has 2 atom stereocenters. The summed E-state index contributed by atoms with van der Waals surface area (Å²) in [5.41, 5.74) is -1.44. The lowest BCUT2D eigenvalue weighted by atomic mass is 9.83. The highest BCUT2D eigenvalue weighted by Crippen LogP contribution is 2.46. The minimum Gasteiger partial charge on any atom is -0.494 e. The highest BCUT2D eigenvalue weighted by molar-refractivity contribution is 6.35. The minimum absolute atomic E-state index is 0.00102. The van der Waals surface area contributed by atoms with Crippen LogP contribution in [0.3, 0.4) is 0 Å². The maximum atomic E-state index is 14.2. The van der Waals surface area contributed by atoms with Gasteiger partial charge in [0.2, 0.25) is 5.90 Å². The third-order valence-corrected chi connectivity index (χ3v) is 7.34. The second-order valence-electron chi connectivity index (χ2n) is 11.5. The Morgan fingerprint density at radius 3 is 2.36 bits per heavy atom. The van der Waals surface area contributed by atoms with Crippen LogP contribution < -0.4 is 10.1 Å². The predicted octanol–water partition coefficient (Wildman–Crippen LogP) is 6.73. The van der Waals surface area contributed by atoms with Gasteiger partial charge in [-0.1, -0.05) is 29.3 Å². The molecule has 0 saturated carbocycles. The number of ether oxygens (including phenoxy) is 3. The minimum atomic E-state index is -1.76. The maximum Gasteiger partial charge on any atom is 0.306 e. The van der Waals surface area contributed by atoms with Gasteiger partial charge in [0.1, 0.15) is 23.0 Å². The number of aliphatic hydroxyl groups excluding tert-OH is 1. The zero-order valence-electron chi connectivity index (χ0n) is 25.0. The summed E-state index contributed by atoms with van der Waals surface area (Å²) in [5, 5.41) is 12.3. The lowest BCUT2D eigenvalue weighted by molar-refractivity contribution is -0.155. The Labute approximate surface area is 270 Å². The van der Waals surface area contributed by atoms with Gasteiger partial charge in [0, 0.05) is 53.2 Å². The SMILES string of the molecule is CC(C)(C)OC(=O)CC[C@@]1(C(=O)NCc2cc(F)cc(F)c2)N=C(c2ccc(OCCCO)cc2)O[C@@H]1c1ccc(Cl)cc1Cl. The summed E-state index contributed by atoms with van der Waals surface area (Å²) < 4.78 is 45.3. The molecule has 0 radical (unpaired) electrons. The van der Waals surface area contributed by atoms with Crippen molar-refractivity contribution in [2.24, 2.45) is 4.99 Å². The van der Waals surface area contributed by atoms with Crippen LogP contribution >= 0.6 is 23.2 Å². The summed E-state index contributed by atoms with van der Waals surface area (Å²) in [5.74, 6) is -2.15. The van der Waals surface area contributed by atoms with Gasteiger partial charge >= 0.3 is 5.97 Å². The maximum absolute atomic E-state index is 14.2. The Morgan fingerprint density at radius 1 is 1.04 bits per heavy atom. The molecule has 3 aromatic rings. The molecule has 8 nitrogen and oxygen atoms in total. The number of carbonyl (C=O) groups is 2. The number of carbonyl (C=O) groups excluding carboxylic acids is 2. The number of aliphatic imine (C=N–C) groups is 1. The number of hydrogen-bond acceptors (Lipinski definition) is 7. The van der Waals surface area contributed by atoms with Crippen LogP contribution in [0.2, 0.25) is 10.0 Å². The first kappa shape index (κ1) is 34.1. The number of halogens is 4. The molecule has 2 N–H and O–H groups in total. The van der Waals surface area contributed by atoms with Crippen molar-refractivity contribution in [2.45, 2.75) is 63.8 Å². The fourth-order valence-electron chi connectivity index (χ4n) is 4.80. The van der Waals surface area contributed by atoms with E-state index in [4.69, 9.17) is 47.5 Å². The number of hydrogen-bond donors (Lipinski definition) is 2. The average Bonchev–Trinajstić information content (AvgIpc) is 3.34. The molecule has 1 aliphatic heterocycles. The number of benzene rings is 3. The van der Waals surface area contributed by atoms with Gasteiger partial charge in [0.25, 0.3) is 5.91 Å². The van der Waals surface area contributed by atoms with E-state index in [1.165, 1.54) is 6.07 Å². The summed E-state index contributed by atoms with van der Waals surface area (Å²) in [4.78, 5) is 31.9. The van der Waals surface area contributed by atoms with Crippen molar-refractivity contribution in [3.8, 4) is 5.75 Å². The van der Waals surface area contributed by atoms with E-state index in [-0.39, 0.29) is 42.5 Å². The van der Waals surface area contributed by atoms with Crippen LogP contribution in [0.4, 0.5) is 8.78 Å². The van der Waals surface area contributed by atoms with Crippen molar-refractivity contribution in [1.29, 1.82) is 0 Å². The summed E-state index contributed by atoms with van der Waals surface area (Å²) in [6, 6.07) is 14.4. The number of aliphatic hydroxyl groups is 1. The first-order chi connectivity index (χ1) is 21.3. The van der Waals surface area contributed by atoms with E-state index in [0.717, 1.165) is 18.2 Å². The molecule has 3 aromatic carbocycles. The molecule has 0 spiro atoms. The van der Waals surface area contributed by atoms with Crippen LogP contribution in [0.15, 0.2) is 65.7 Å². The standard InChI is InChI=1S/C33H34Cl2F2N2O6/c1-32(2,3)45-28(41)11-12-33(31(42)38-19-20-15-23(36)18-24(37)16-20)29(26-10-7-22(34)17-27(26)35)44-30(39-33)21-5-8-25(9-6-21)43-14-4-13-40/h5-10,15-18,29,40H,4,11-14,19H2,1-3H3,(H,38,42)/t29-,33-/m1/s1. The zero-order chi connectivity index (χ0) is 32.8. The fraction of sp³-hybridized carbons (Fsp3) is 0.364. The van der Waals surface area contributed by atoms with Gasteiger partial charge in [0.15, 0.2) is 11.6 Å². The van der Waals surface area contributed by atoms with Crippen LogP contribution in [-0.4, -0.2) is 47.2 Å². The highest BCUT2D eigenvalue weighted by Gasteiger charge is 2.54. The van der Waals surface area contributed by atoms with Crippen molar-refractivity contribution >= 4 is 41.0 Å². The van der Waals surface area contributed by atoms with E-state index < -0.39 is 40.8 Å². The van der Waals surface area contributed by atoms with Gasteiger partial charge in [-0.15, -0.1) is 0 Å². The smallest absolute Gasteiger partial charge is 0.306 e. The van der Waals surface area contributed by atoms with Gasteiger partial charge in [-0.3, -0.25) is 9.59 Å². The van der Waals surface area contributed by atoms with Gasteiger partial charge in [-0.05, 0) is 81.3 Å². The second kappa shape index (κ2) is 14.6. The quantitative estimate of drug-likeness (QED) is 0.165. The molecule has 0 aromatic heterocycles. The first-order valence-corrected chi connectivity index (χ1v) is 15.1. The fourth-order valence-corrected chi connectivity index (χ4v) is 5.30. The monoisotopic (exact) mass is 662 g/mol. The molecule has 1 amide bonds. The van der Waals surface area contributed by atoms with Crippen molar-refractivity contribution < 1.29 is 37.7 Å². The Balaban J connectivity index is 1.76. The van der Waals surface area contributed by atoms with E-state index in [2.05, 4.69) is 5.32 Å². The lowest BCUT2D eigenvalue weighted by Crippen LogP contribution is -2.48. The largest absolute Gasteiger partial charge is 0.494 e. The van der Waals surface area contributed by atoms with Crippen LogP contribution in [0, 0.1) is 11.6 Å².